The van der Waals surface area contributed by atoms with Crippen molar-refractivity contribution in [1.82, 2.24) is 9.36 Å². The Morgan fingerprint density at radius 2 is 2.56 bits per heavy atom. The van der Waals surface area contributed by atoms with Crippen molar-refractivity contribution in [2.75, 3.05) is 18.0 Å². The maximum Gasteiger partial charge on any atom is 0.229 e. The van der Waals surface area contributed by atoms with Gasteiger partial charge in [0.05, 0.1) is 0 Å². The molecule has 16 heavy (non-hydrogen) atoms. The molecule has 1 fully saturated rings. The molecule has 0 bridgehead atoms. The average Bonchev–Trinajstić information content (AvgIpc) is 2.82. The van der Waals surface area contributed by atoms with Crippen LogP contribution in [0.5, 0.6) is 0 Å². The Labute approximate surface area is 95.9 Å². The maximum atomic E-state index is 11.7. The van der Waals surface area contributed by atoms with Crippen LogP contribution in [0.3, 0.4) is 0 Å². The number of nitrogens with zero attached hydrogens (tertiary/aromatic N) is 6. The molecular weight excluding hydrogens is 228 g/mol. The normalized spacial score (nSPS) is 19.9. The van der Waals surface area contributed by atoms with Crippen molar-refractivity contribution in [1.29, 1.82) is 0 Å². The zero-order chi connectivity index (χ0) is 11.5. The first-order valence-electron chi connectivity index (χ1n) is 4.82. The number of rotatable bonds is 3. The molecule has 1 amide bonds. The Kier molecular flexibility index (Phi) is 3.02. The summed E-state index contributed by atoms with van der Waals surface area (Å²) in [7, 11) is 0. The van der Waals surface area contributed by atoms with Gasteiger partial charge in [0.15, 0.2) is 0 Å². The Hall–Kier alpha value is -1.66. The minimum absolute atomic E-state index is 0.0225. The third kappa shape index (κ3) is 2.12. The van der Waals surface area contributed by atoms with Gasteiger partial charge >= 0.3 is 0 Å². The van der Waals surface area contributed by atoms with Gasteiger partial charge in [-0.15, -0.1) is 0 Å². The standard InChI is InChI=1S/C8H10N6OS/c1-5-11-8(16-12-5)14-4-6(2-7(14)15)3-10-13-9/h6H,2-4H2,1H3. The molecule has 1 unspecified atom stereocenters. The number of anilines is 1. The largest absolute Gasteiger partial charge is 0.287 e. The van der Waals surface area contributed by atoms with Gasteiger partial charge in [0.2, 0.25) is 11.0 Å². The molecule has 7 nitrogen and oxygen atoms in total. The van der Waals surface area contributed by atoms with Gasteiger partial charge in [-0.05, 0) is 18.4 Å². The highest BCUT2D eigenvalue weighted by atomic mass is 32.1. The Morgan fingerprint density at radius 3 is 3.19 bits per heavy atom. The molecule has 0 aromatic carbocycles. The van der Waals surface area contributed by atoms with Crippen molar-refractivity contribution in [2.24, 2.45) is 11.0 Å². The molecule has 0 aliphatic carbocycles. The fraction of sp³-hybridized carbons (Fsp3) is 0.625. The van der Waals surface area contributed by atoms with Crippen LogP contribution < -0.4 is 4.90 Å². The summed E-state index contributed by atoms with van der Waals surface area (Å²) in [6.45, 7) is 2.71. The highest BCUT2D eigenvalue weighted by Gasteiger charge is 2.31. The summed E-state index contributed by atoms with van der Waals surface area (Å²) in [5, 5.41) is 4.12. The van der Waals surface area contributed by atoms with E-state index in [1.54, 1.807) is 11.8 Å². The second-order valence-corrected chi connectivity index (χ2v) is 4.34. The van der Waals surface area contributed by atoms with Gasteiger partial charge < -0.3 is 0 Å². The highest BCUT2D eigenvalue weighted by molar-refractivity contribution is 7.09. The van der Waals surface area contributed by atoms with E-state index in [9.17, 15) is 4.79 Å². The molecule has 1 aliphatic rings. The molecule has 0 saturated carbocycles. The lowest BCUT2D eigenvalue weighted by Gasteiger charge is -2.10. The molecule has 1 saturated heterocycles. The number of amides is 1. The number of hydrogen-bond donors (Lipinski definition) is 0. The lowest BCUT2D eigenvalue weighted by atomic mass is 10.1. The molecule has 2 heterocycles. The van der Waals surface area contributed by atoms with Crippen molar-refractivity contribution in [3.8, 4) is 0 Å². The fourth-order valence-corrected chi connectivity index (χ4v) is 2.34. The summed E-state index contributed by atoms with van der Waals surface area (Å²) in [6, 6.07) is 0. The summed E-state index contributed by atoms with van der Waals surface area (Å²) in [6.07, 6.45) is 0.414. The van der Waals surface area contributed by atoms with E-state index in [1.807, 2.05) is 0 Å². The molecule has 1 aromatic rings. The van der Waals surface area contributed by atoms with Crippen molar-refractivity contribution in [3.05, 3.63) is 16.3 Å². The predicted octanol–water partition coefficient (Wildman–Crippen LogP) is 1.51. The third-order valence-corrected chi connectivity index (χ3v) is 3.19. The van der Waals surface area contributed by atoms with E-state index in [-0.39, 0.29) is 11.8 Å². The summed E-state index contributed by atoms with van der Waals surface area (Å²) >= 11 is 1.22. The number of carbonyl (C=O) groups excluding carboxylic acids is 1. The zero-order valence-corrected chi connectivity index (χ0v) is 9.51. The van der Waals surface area contributed by atoms with E-state index in [1.165, 1.54) is 11.5 Å². The average molecular weight is 238 g/mol. The molecule has 2 rings (SSSR count). The molecule has 0 radical (unpaired) electrons. The number of hydrogen-bond acceptors (Lipinski definition) is 5. The van der Waals surface area contributed by atoms with Crippen LogP contribution in [0.2, 0.25) is 0 Å². The van der Waals surface area contributed by atoms with Crippen LogP contribution in [0, 0.1) is 12.8 Å². The topological polar surface area (TPSA) is 94.9 Å². The number of carbonyl (C=O) groups is 1. The van der Waals surface area contributed by atoms with Gasteiger partial charge in [0.1, 0.15) is 5.82 Å². The summed E-state index contributed by atoms with van der Waals surface area (Å²) in [5.41, 5.74) is 8.22. The minimum Gasteiger partial charge on any atom is -0.287 e. The van der Waals surface area contributed by atoms with Crippen molar-refractivity contribution in [2.45, 2.75) is 13.3 Å². The second kappa shape index (κ2) is 4.46. The van der Waals surface area contributed by atoms with E-state index in [0.717, 1.165) is 0 Å². The Balaban J connectivity index is 2.07. The highest BCUT2D eigenvalue weighted by Crippen LogP contribution is 2.26. The van der Waals surface area contributed by atoms with Crippen LogP contribution in [0.15, 0.2) is 5.11 Å². The molecule has 1 atom stereocenters. The molecule has 84 valence electrons. The van der Waals surface area contributed by atoms with E-state index in [4.69, 9.17) is 5.53 Å². The lowest BCUT2D eigenvalue weighted by molar-refractivity contribution is -0.117. The van der Waals surface area contributed by atoms with Crippen LogP contribution in [0.25, 0.3) is 10.4 Å². The van der Waals surface area contributed by atoms with Crippen molar-refractivity contribution >= 4 is 22.6 Å². The molecule has 0 N–H and O–H groups in total. The van der Waals surface area contributed by atoms with Gasteiger partial charge in [0, 0.05) is 36.0 Å². The van der Waals surface area contributed by atoms with Crippen LogP contribution in [0.1, 0.15) is 12.2 Å². The zero-order valence-electron chi connectivity index (χ0n) is 8.70. The molecular formula is C8H10N6OS. The van der Waals surface area contributed by atoms with Gasteiger partial charge in [-0.2, -0.15) is 4.37 Å². The molecule has 8 heteroatoms. The van der Waals surface area contributed by atoms with Gasteiger partial charge in [-0.3, -0.25) is 9.69 Å². The van der Waals surface area contributed by atoms with Gasteiger partial charge in [-0.1, -0.05) is 5.11 Å². The van der Waals surface area contributed by atoms with E-state index >= 15 is 0 Å². The van der Waals surface area contributed by atoms with Crippen LogP contribution in [0.4, 0.5) is 5.13 Å². The first-order valence-corrected chi connectivity index (χ1v) is 5.59. The first-order chi connectivity index (χ1) is 7.70. The number of azide groups is 1. The number of aryl methyl sites for hydroxylation is 1. The van der Waals surface area contributed by atoms with E-state index in [0.29, 0.717) is 30.5 Å². The summed E-state index contributed by atoms with van der Waals surface area (Å²) < 4.78 is 4.04. The lowest BCUT2D eigenvalue weighted by Crippen LogP contribution is -2.24. The summed E-state index contributed by atoms with van der Waals surface area (Å²) in [4.78, 5) is 20.2. The van der Waals surface area contributed by atoms with Crippen molar-refractivity contribution < 1.29 is 4.79 Å². The van der Waals surface area contributed by atoms with E-state index < -0.39 is 0 Å². The molecule has 1 aliphatic heterocycles. The predicted molar refractivity (Wildman–Crippen MR) is 59.1 cm³/mol. The van der Waals surface area contributed by atoms with E-state index in [2.05, 4.69) is 19.4 Å². The quantitative estimate of drug-likeness (QED) is 0.453. The Bertz CT molecular complexity index is 451. The smallest absolute Gasteiger partial charge is 0.229 e. The van der Waals surface area contributed by atoms with Crippen molar-refractivity contribution in [3.63, 3.8) is 0 Å². The first kappa shape index (κ1) is 10.8. The fourth-order valence-electron chi connectivity index (χ4n) is 1.64. The number of aromatic nitrogens is 2. The third-order valence-electron chi connectivity index (χ3n) is 2.36. The molecule has 1 aromatic heterocycles. The van der Waals surface area contributed by atoms with Crippen LogP contribution >= 0.6 is 11.5 Å². The monoisotopic (exact) mass is 238 g/mol. The SMILES string of the molecule is Cc1nsc(N2CC(CN=[N+]=[N-])CC2=O)n1. The van der Waals surface area contributed by atoms with Crippen LogP contribution in [-0.4, -0.2) is 28.4 Å². The van der Waals surface area contributed by atoms with Crippen LogP contribution in [-0.2, 0) is 4.79 Å². The minimum atomic E-state index is 0.0225. The van der Waals surface area contributed by atoms with Gasteiger partial charge in [0.25, 0.3) is 0 Å². The Morgan fingerprint density at radius 1 is 1.75 bits per heavy atom. The maximum absolute atomic E-state index is 11.7. The molecule has 0 spiro atoms. The summed E-state index contributed by atoms with van der Waals surface area (Å²) in [5.74, 6) is 0.785. The second-order valence-electron chi connectivity index (χ2n) is 3.61. The van der Waals surface area contributed by atoms with Gasteiger partial charge in [-0.25, -0.2) is 4.98 Å².